The Morgan fingerprint density at radius 1 is 1.54 bits per heavy atom. The highest BCUT2D eigenvalue weighted by atomic mass is 35.5. The summed E-state index contributed by atoms with van der Waals surface area (Å²) in [6.45, 7) is 0. The van der Waals surface area contributed by atoms with Crippen LogP contribution in [0.1, 0.15) is 5.56 Å². The number of phenols is 1. The average Bonchev–Trinajstić information content (AvgIpc) is 2.07. The van der Waals surface area contributed by atoms with E-state index in [2.05, 4.69) is 0 Å². The smallest absolute Gasteiger partial charge is 0.241 e. The van der Waals surface area contributed by atoms with Crippen LogP contribution >= 0.6 is 11.6 Å². The van der Waals surface area contributed by atoms with Crippen LogP contribution in [0, 0.1) is 0 Å². The number of benzene rings is 1. The van der Waals surface area contributed by atoms with Gasteiger partial charge in [0.2, 0.25) is 5.91 Å². The highest BCUT2D eigenvalue weighted by Crippen LogP contribution is 2.23. The van der Waals surface area contributed by atoms with Crippen molar-refractivity contribution >= 4 is 23.6 Å². The molecule has 4 heteroatoms. The number of halogens is 1. The predicted octanol–water partition coefficient (Wildman–Crippen LogP) is 1.54. The van der Waals surface area contributed by atoms with Gasteiger partial charge in [-0.05, 0) is 23.8 Å². The molecule has 0 saturated carbocycles. The van der Waals surface area contributed by atoms with Crippen LogP contribution < -0.4 is 5.73 Å². The molecule has 68 valence electrons. The Kier molecular flexibility index (Phi) is 2.93. The van der Waals surface area contributed by atoms with Crippen LogP contribution in [0.25, 0.3) is 6.08 Å². The van der Waals surface area contributed by atoms with E-state index in [4.69, 9.17) is 22.4 Å². The summed E-state index contributed by atoms with van der Waals surface area (Å²) < 4.78 is 0. The van der Waals surface area contributed by atoms with Crippen LogP contribution in [0.15, 0.2) is 24.3 Å². The number of phenolic OH excluding ortho intramolecular Hbond substituents is 1. The summed E-state index contributed by atoms with van der Waals surface area (Å²) in [5.74, 6) is -0.512. The lowest BCUT2D eigenvalue weighted by Gasteiger charge is -1.96. The molecule has 3 N–H and O–H groups in total. The second-order valence-electron chi connectivity index (χ2n) is 2.45. The monoisotopic (exact) mass is 197 g/mol. The maximum absolute atomic E-state index is 10.4. The van der Waals surface area contributed by atoms with Gasteiger partial charge in [0.25, 0.3) is 0 Å². The Hall–Kier alpha value is -1.48. The van der Waals surface area contributed by atoms with E-state index < -0.39 is 5.91 Å². The summed E-state index contributed by atoms with van der Waals surface area (Å²) in [6, 6.07) is 4.61. The van der Waals surface area contributed by atoms with Gasteiger partial charge in [0.1, 0.15) is 5.75 Å². The number of carbonyl (C=O) groups excluding carboxylic acids is 1. The molecule has 0 radical (unpaired) electrons. The average molecular weight is 198 g/mol. The van der Waals surface area contributed by atoms with Gasteiger partial charge < -0.3 is 10.8 Å². The van der Waals surface area contributed by atoms with E-state index in [0.29, 0.717) is 5.56 Å². The van der Waals surface area contributed by atoms with Crippen molar-refractivity contribution in [2.45, 2.75) is 0 Å². The molecule has 1 aromatic carbocycles. The molecule has 0 aliphatic rings. The minimum atomic E-state index is -0.524. The minimum absolute atomic E-state index is 0.0119. The Morgan fingerprint density at radius 3 is 2.77 bits per heavy atom. The van der Waals surface area contributed by atoms with E-state index in [1.807, 2.05) is 0 Å². The molecular weight excluding hydrogens is 190 g/mol. The summed E-state index contributed by atoms with van der Waals surface area (Å²) in [5, 5.41) is 9.32. The first-order valence-corrected chi connectivity index (χ1v) is 3.93. The number of nitrogens with two attached hydrogens (primary N) is 1. The Balaban J connectivity index is 2.92. The minimum Gasteiger partial charge on any atom is -0.506 e. The first kappa shape index (κ1) is 9.61. The molecule has 0 saturated heterocycles. The summed E-state index contributed by atoms with van der Waals surface area (Å²) in [5.41, 5.74) is 5.61. The van der Waals surface area contributed by atoms with Gasteiger partial charge in [-0.1, -0.05) is 17.7 Å². The number of aromatic hydroxyl groups is 1. The van der Waals surface area contributed by atoms with E-state index in [-0.39, 0.29) is 10.8 Å². The third-order valence-corrected chi connectivity index (χ3v) is 1.71. The second-order valence-corrected chi connectivity index (χ2v) is 2.85. The summed E-state index contributed by atoms with van der Waals surface area (Å²) >= 11 is 5.63. The van der Waals surface area contributed by atoms with Gasteiger partial charge in [-0.3, -0.25) is 4.79 Å². The summed E-state index contributed by atoms with van der Waals surface area (Å²) in [6.07, 6.45) is 2.75. The topological polar surface area (TPSA) is 63.3 Å². The van der Waals surface area contributed by atoms with Crippen molar-refractivity contribution in [2.24, 2.45) is 5.73 Å². The first-order valence-electron chi connectivity index (χ1n) is 3.55. The summed E-state index contributed by atoms with van der Waals surface area (Å²) in [7, 11) is 0. The number of rotatable bonds is 2. The predicted molar refractivity (Wildman–Crippen MR) is 51.3 cm³/mol. The molecule has 1 amide bonds. The Labute approximate surface area is 80.4 Å². The number of primary amides is 1. The molecule has 1 aromatic rings. The van der Waals surface area contributed by atoms with Crippen molar-refractivity contribution in [3.05, 3.63) is 34.9 Å². The van der Waals surface area contributed by atoms with Gasteiger partial charge in [0.15, 0.2) is 0 Å². The third-order valence-electron chi connectivity index (χ3n) is 1.41. The SMILES string of the molecule is NC(=O)C=Cc1ccc(O)c(Cl)c1. The summed E-state index contributed by atoms with van der Waals surface area (Å²) in [4.78, 5) is 10.4. The maximum atomic E-state index is 10.4. The fourth-order valence-electron chi connectivity index (χ4n) is 0.805. The van der Waals surface area contributed by atoms with Gasteiger partial charge >= 0.3 is 0 Å². The van der Waals surface area contributed by atoms with Gasteiger partial charge in [0.05, 0.1) is 5.02 Å². The number of carbonyl (C=O) groups is 1. The van der Waals surface area contributed by atoms with Crippen LogP contribution in [0.5, 0.6) is 5.75 Å². The lowest BCUT2D eigenvalue weighted by atomic mass is 10.2. The normalized spacial score (nSPS) is 10.5. The quantitative estimate of drug-likeness (QED) is 0.707. The van der Waals surface area contributed by atoms with Crippen molar-refractivity contribution in [2.75, 3.05) is 0 Å². The van der Waals surface area contributed by atoms with Gasteiger partial charge in [-0.15, -0.1) is 0 Å². The number of amides is 1. The molecule has 1 rings (SSSR count). The standard InChI is InChI=1S/C9H8ClNO2/c10-7-5-6(1-3-8(7)12)2-4-9(11)13/h1-5,12H,(H2,11,13). The molecule has 0 atom stereocenters. The van der Waals surface area contributed by atoms with Crippen LogP contribution in [0.4, 0.5) is 0 Å². The molecule has 13 heavy (non-hydrogen) atoms. The van der Waals surface area contributed by atoms with Crippen LogP contribution in [-0.2, 0) is 4.79 Å². The lowest BCUT2D eigenvalue weighted by molar-refractivity contribution is -0.113. The zero-order valence-electron chi connectivity index (χ0n) is 6.70. The Bertz CT molecular complexity index is 361. The van der Waals surface area contributed by atoms with Crippen LogP contribution in [0.2, 0.25) is 5.02 Å². The molecule has 0 heterocycles. The highest BCUT2D eigenvalue weighted by molar-refractivity contribution is 6.32. The zero-order chi connectivity index (χ0) is 9.84. The van der Waals surface area contributed by atoms with Crippen molar-refractivity contribution in [3.63, 3.8) is 0 Å². The van der Waals surface area contributed by atoms with E-state index in [9.17, 15) is 4.79 Å². The van der Waals surface area contributed by atoms with Crippen LogP contribution in [0.3, 0.4) is 0 Å². The van der Waals surface area contributed by atoms with E-state index >= 15 is 0 Å². The highest BCUT2D eigenvalue weighted by Gasteiger charge is 1.97. The van der Waals surface area contributed by atoms with Crippen molar-refractivity contribution < 1.29 is 9.90 Å². The molecule has 0 spiro atoms. The van der Waals surface area contributed by atoms with Crippen LogP contribution in [-0.4, -0.2) is 11.0 Å². The maximum Gasteiger partial charge on any atom is 0.241 e. The van der Waals surface area contributed by atoms with Crippen molar-refractivity contribution in [1.82, 2.24) is 0 Å². The molecule has 0 aliphatic carbocycles. The molecule has 0 aliphatic heterocycles. The molecule has 0 aromatic heterocycles. The largest absolute Gasteiger partial charge is 0.506 e. The molecule has 3 nitrogen and oxygen atoms in total. The first-order chi connectivity index (χ1) is 6.09. The molecular formula is C9H8ClNO2. The fraction of sp³-hybridized carbons (Fsp3) is 0. The van der Waals surface area contributed by atoms with E-state index in [1.165, 1.54) is 24.3 Å². The number of hydrogen-bond acceptors (Lipinski definition) is 2. The third kappa shape index (κ3) is 2.80. The van der Waals surface area contributed by atoms with Gasteiger partial charge in [0, 0.05) is 6.08 Å². The lowest BCUT2D eigenvalue weighted by Crippen LogP contribution is -2.04. The molecule has 0 unspecified atom stereocenters. The molecule has 0 bridgehead atoms. The van der Waals surface area contributed by atoms with Gasteiger partial charge in [-0.2, -0.15) is 0 Å². The second kappa shape index (κ2) is 3.96. The van der Waals surface area contributed by atoms with Gasteiger partial charge in [-0.25, -0.2) is 0 Å². The number of hydrogen-bond donors (Lipinski definition) is 2. The molecule has 0 fully saturated rings. The van der Waals surface area contributed by atoms with E-state index in [0.717, 1.165) is 0 Å². The van der Waals surface area contributed by atoms with Crippen molar-refractivity contribution in [1.29, 1.82) is 0 Å². The zero-order valence-corrected chi connectivity index (χ0v) is 7.45. The Morgan fingerprint density at radius 2 is 2.23 bits per heavy atom. The van der Waals surface area contributed by atoms with E-state index in [1.54, 1.807) is 6.07 Å². The fourth-order valence-corrected chi connectivity index (χ4v) is 0.994. The van der Waals surface area contributed by atoms with Crippen molar-refractivity contribution in [3.8, 4) is 5.75 Å².